The van der Waals surface area contributed by atoms with Crippen LogP contribution in [-0.2, 0) is 17.6 Å². The van der Waals surface area contributed by atoms with Crippen molar-refractivity contribution in [3.63, 3.8) is 0 Å². The highest BCUT2D eigenvalue weighted by Crippen LogP contribution is 2.29. The average Bonchev–Trinajstić information content (AvgIpc) is 3.15. The van der Waals surface area contributed by atoms with Crippen LogP contribution in [0.25, 0.3) is 0 Å². The molecule has 0 spiro atoms. The molecule has 0 aromatic heterocycles. The highest BCUT2D eigenvalue weighted by molar-refractivity contribution is 6.01. The monoisotopic (exact) mass is 447 g/mol. The molecule has 1 atom stereocenters. The Bertz CT molecular complexity index is 962. The van der Waals surface area contributed by atoms with Crippen molar-refractivity contribution in [2.75, 3.05) is 6.54 Å². The topological polar surface area (TPSA) is 53.9 Å². The maximum Gasteiger partial charge on any atom is 0.416 e. The Labute approximate surface area is 186 Å². The van der Waals surface area contributed by atoms with E-state index in [9.17, 15) is 18.0 Å². The largest absolute Gasteiger partial charge is 0.416 e. The zero-order valence-electron chi connectivity index (χ0n) is 18.7. The third-order valence-electron chi connectivity index (χ3n) is 4.97. The molecule has 0 bridgehead atoms. The first-order valence-corrected chi connectivity index (χ1v) is 10.4. The van der Waals surface area contributed by atoms with Crippen LogP contribution in [0.4, 0.5) is 18.0 Å². The molecule has 172 valence electrons. The van der Waals surface area contributed by atoms with Gasteiger partial charge >= 0.3 is 12.2 Å². The second-order valence-corrected chi connectivity index (χ2v) is 9.09. The Morgan fingerprint density at radius 1 is 1.09 bits per heavy atom. The highest BCUT2D eigenvalue weighted by atomic mass is 19.4. The molecule has 2 aromatic rings. The third kappa shape index (κ3) is 6.48. The first-order chi connectivity index (χ1) is 14.9. The van der Waals surface area contributed by atoms with Gasteiger partial charge in [-0.05, 0) is 51.0 Å². The van der Waals surface area contributed by atoms with Gasteiger partial charge in [-0.1, -0.05) is 47.1 Å². The number of aryl methyl sites for hydroxylation is 1. The minimum Gasteiger partial charge on any atom is -0.390 e. The number of carbonyl (C=O) groups excluding carboxylic acids is 1. The van der Waals surface area contributed by atoms with Gasteiger partial charge in [-0.3, -0.25) is 0 Å². The SMILES string of the molecule is Cc1ccc(C2=NOC(CN(Cc3ccc(C(F)(F)F)cc3)C(=O)NC(C)(C)C)C2)cc1. The Kier molecular flexibility index (Phi) is 6.81. The second kappa shape index (κ2) is 9.22. The number of alkyl halides is 3. The minimum atomic E-state index is -4.40. The first-order valence-electron chi connectivity index (χ1n) is 10.4. The molecule has 32 heavy (non-hydrogen) atoms. The number of nitrogens with zero attached hydrogens (tertiary/aromatic N) is 2. The standard InChI is InChI=1S/C24H28F3N3O2/c1-16-5-9-18(10-6-16)21-13-20(32-29-21)15-30(22(31)28-23(2,3)4)14-17-7-11-19(12-8-17)24(25,26)27/h5-12,20H,13-15H2,1-4H3,(H,28,31). The van der Waals surface area contributed by atoms with E-state index in [-0.39, 0.29) is 25.2 Å². The Morgan fingerprint density at radius 2 is 1.72 bits per heavy atom. The van der Waals surface area contributed by atoms with Crippen molar-refractivity contribution in [3.05, 3.63) is 70.8 Å². The fraction of sp³-hybridized carbons (Fsp3) is 0.417. The summed E-state index contributed by atoms with van der Waals surface area (Å²) >= 11 is 0. The first kappa shape index (κ1) is 23.6. The predicted molar refractivity (Wildman–Crippen MR) is 117 cm³/mol. The lowest BCUT2D eigenvalue weighted by Gasteiger charge is -2.29. The van der Waals surface area contributed by atoms with E-state index in [0.29, 0.717) is 12.0 Å². The number of rotatable bonds is 5. The molecule has 5 nitrogen and oxygen atoms in total. The predicted octanol–water partition coefficient (Wildman–Crippen LogP) is 5.52. The summed E-state index contributed by atoms with van der Waals surface area (Å²) in [6.45, 7) is 8.01. The second-order valence-electron chi connectivity index (χ2n) is 9.09. The zero-order valence-corrected chi connectivity index (χ0v) is 18.7. The molecule has 0 aliphatic carbocycles. The van der Waals surface area contributed by atoms with Gasteiger partial charge in [0.2, 0.25) is 0 Å². The number of benzene rings is 2. The number of hydrogen-bond acceptors (Lipinski definition) is 3. The molecule has 0 radical (unpaired) electrons. The van der Waals surface area contributed by atoms with Crippen LogP contribution in [0.1, 0.15) is 49.4 Å². The summed E-state index contributed by atoms with van der Waals surface area (Å²) in [6, 6.07) is 12.5. The van der Waals surface area contributed by atoms with Gasteiger partial charge in [0.15, 0.2) is 6.10 Å². The maximum absolute atomic E-state index is 12.9. The van der Waals surface area contributed by atoms with E-state index in [4.69, 9.17) is 4.84 Å². The summed E-state index contributed by atoms with van der Waals surface area (Å²) in [6.07, 6.45) is -4.20. The van der Waals surface area contributed by atoms with Crippen molar-refractivity contribution in [3.8, 4) is 0 Å². The van der Waals surface area contributed by atoms with Gasteiger partial charge in [0.05, 0.1) is 17.8 Å². The van der Waals surface area contributed by atoms with Crippen LogP contribution < -0.4 is 5.32 Å². The maximum atomic E-state index is 12.9. The lowest BCUT2D eigenvalue weighted by molar-refractivity contribution is -0.137. The normalized spacial score (nSPS) is 16.3. The van der Waals surface area contributed by atoms with Gasteiger partial charge in [-0.15, -0.1) is 0 Å². The van der Waals surface area contributed by atoms with Crippen LogP contribution in [0.3, 0.4) is 0 Å². The van der Waals surface area contributed by atoms with Gasteiger partial charge < -0.3 is 15.1 Å². The summed E-state index contributed by atoms with van der Waals surface area (Å²) in [4.78, 5) is 20.0. The van der Waals surface area contributed by atoms with Crippen molar-refractivity contribution in [1.82, 2.24) is 10.2 Å². The summed E-state index contributed by atoms with van der Waals surface area (Å²) in [5.41, 5.74) is 2.33. The highest BCUT2D eigenvalue weighted by Gasteiger charge is 2.31. The summed E-state index contributed by atoms with van der Waals surface area (Å²) in [7, 11) is 0. The quantitative estimate of drug-likeness (QED) is 0.657. The fourth-order valence-corrected chi connectivity index (χ4v) is 3.33. The molecule has 1 aliphatic rings. The molecule has 3 rings (SSSR count). The molecule has 8 heteroatoms. The van der Waals surface area contributed by atoms with E-state index in [1.165, 1.54) is 12.1 Å². The zero-order chi connectivity index (χ0) is 23.5. The number of nitrogens with one attached hydrogen (secondary N) is 1. The van der Waals surface area contributed by atoms with Crippen LogP contribution >= 0.6 is 0 Å². The molecule has 1 unspecified atom stereocenters. The molecule has 0 fully saturated rings. The van der Waals surface area contributed by atoms with Crippen LogP contribution in [0, 0.1) is 6.92 Å². The van der Waals surface area contributed by atoms with Gasteiger partial charge in [-0.25, -0.2) is 4.79 Å². The van der Waals surface area contributed by atoms with Crippen molar-refractivity contribution < 1.29 is 22.8 Å². The van der Waals surface area contributed by atoms with E-state index < -0.39 is 17.3 Å². The van der Waals surface area contributed by atoms with E-state index in [1.54, 1.807) is 4.90 Å². The van der Waals surface area contributed by atoms with Gasteiger partial charge in [0.25, 0.3) is 0 Å². The lowest BCUT2D eigenvalue weighted by atomic mass is 10.0. The molecule has 2 amide bonds. The van der Waals surface area contributed by atoms with Crippen molar-refractivity contribution in [2.24, 2.45) is 5.16 Å². The van der Waals surface area contributed by atoms with E-state index in [0.717, 1.165) is 29.0 Å². The molecular formula is C24H28F3N3O2. The van der Waals surface area contributed by atoms with Gasteiger partial charge in [-0.2, -0.15) is 13.2 Å². The summed E-state index contributed by atoms with van der Waals surface area (Å²) < 4.78 is 38.6. The molecular weight excluding hydrogens is 419 g/mol. The smallest absolute Gasteiger partial charge is 0.390 e. The molecule has 0 saturated carbocycles. The van der Waals surface area contributed by atoms with Crippen LogP contribution in [0.2, 0.25) is 0 Å². The number of hydrogen-bond donors (Lipinski definition) is 1. The molecule has 2 aromatic carbocycles. The Balaban J connectivity index is 1.71. The van der Waals surface area contributed by atoms with Crippen LogP contribution in [0.5, 0.6) is 0 Å². The number of amides is 2. The van der Waals surface area contributed by atoms with Crippen LogP contribution in [-0.4, -0.2) is 34.8 Å². The van der Waals surface area contributed by atoms with E-state index >= 15 is 0 Å². The number of carbonyl (C=O) groups is 1. The number of halogens is 3. The van der Waals surface area contributed by atoms with Gasteiger partial charge in [0.1, 0.15) is 0 Å². The van der Waals surface area contributed by atoms with E-state index in [1.807, 2.05) is 52.0 Å². The molecule has 1 aliphatic heterocycles. The van der Waals surface area contributed by atoms with Gasteiger partial charge in [0, 0.05) is 18.5 Å². The molecule has 1 heterocycles. The minimum absolute atomic E-state index is 0.153. The number of oxime groups is 1. The van der Waals surface area contributed by atoms with E-state index in [2.05, 4.69) is 10.5 Å². The van der Waals surface area contributed by atoms with Crippen molar-refractivity contribution in [2.45, 2.75) is 58.5 Å². The summed E-state index contributed by atoms with van der Waals surface area (Å²) in [5, 5.41) is 7.10. The Hall–Kier alpha value is -3.03. The third-order valence-corrected chi connectivity index (χ3v) is 4.97. The van der Waals surface area contributed by atoms with Crippen molar-refractivity contribution >= 4 is 11.7 Å². The summed E-state index contributed by atoms with van der Waals surface area (Å²) in [5.74, 6) is 0. The van der Waals surface area contributed by atoms with Crippen LogP contribution in [0.15, 0.2) is 53.7 Å². The lowest BCUT2D eigenvalue weighted by Crippen LogP contribution is -2.50. The number of urea groups is 1. The molecule has 0 saturated heterocycles. The Morgan fingerprint density at radius 3 is 2.28 bits per heavy atom. The average molecular weight is 448 g/mol. The van der Waals surface area contributed by atoms with Crippen molar-refractivity contribution in [1.29, 1.82) is 0 Å². The fourth-order valence-electron chi connectivity index (χ4n) is 3.33. The molecule has 1 N–H and O–H groups in total.